The predicted molar refractivity (Wildman–Crippen MR) is 93.7 cm³/mol. The quantitative estimate of drug-likeness (QED) is 0.823. The molecule has 2 rings (SSSR count). The van der Waals surface area contributed by atoms with E-state index in [1.165, 1.54) is 17.4 Å². The fraction of sp³-hybridized carbons (Fsp3) is 0.529. The van der Waals surface area contributed by atoms with Crippen molar-refractivity contribution < 1.29 is 13.2 Å². The second-order valence-electron chi connectivity index (χ2n) is 6.08. The van der Waals surface area contributed by atoms with Crippen molar-refractivity contribution in [3.63, 3.8) is 0 Å². The van der Waals surface area contributed by atoms with Crippen LogP contribution in [0.3, 0.4) is 0 Å². The molecular weight excluding hydrogens is 312 g/mol. The van der Waals surface area contributed by atoms with Gasteiger partial charge in [0.1, 0.15) is 0 Å². The van der Waals surface area contributed by atoms with Gasteiger partial charge < -0.3 is 4.74 Å². The van der Waals surface area contributed by atoms with Crippen LogP contribution in [0, 0.1) is 0 Å². The van der Waals surface area contributed by atoms with Crippen LogP contribution in [-0.2, 0) is 14.8 Å². The lowest BCUT2D eigenvalue weighted by atomic mass is 10.1. The number of ether oxygens (including phenoxy) is 1. The van der Waals surface area contributed by atoms with Crippen molar-refractivity contribution in [2.24, 2.45) is 0 Å². The molecule has 1 N–H and O–H groups in total. The molecule has 1 saturated heterocycles. The third kappa shape index (κ3) is 7.26. The minimum Gasteiger partial charge on any atom is -0.376 e. The second kappa shape index (κ2) is 8.59. The number of nitrogens with one attached hydrogen (secondary N) is 1. The Morgan fingerprint density at radius 1 is 1.39 bits per heavy atom. The van der Waals surface area contributed by atoms with E-state index < -0.39 is 10.0 Å². The molecule has 1 aromatic rings. The van der Waals surface area contributed by atoms with Crippen molar-refractivity contribution >= 4 is 16.1 Å². The van der Waals surface area contributed by atoms with E-state index in [9.17, 15) is 8.42 Å². The zero-order chi connectivity index (χ0) is 16.7. The lowest BCUT2D eigenvalue weighted by Crippen LogP contribution is -2.44. The molecule has 6 heteroatoms. The van der Waals surface area contributed by atoms with Gasteiger partial charge in [0.15, 0.2) is 0 Å². The van der Waals surface area contributed by atoms with Crippen LogP contribution in [0.2, 0.25) is 0 Å². The minimum atomic E-state index is -3.12. The monoisotopic (exact) mass is 338 g/mol. The summed E-state index contributed by atoms with van der Waals surface area (Å²) in [5.41, 5.74) is 2.53. The molecule has 1 aliphatic heterocycles. The van der Waals surface area contributed by atoms with Gasteiger partial charge in [0.05, 0.1) is 19.0 Å². The van der Waals surface area contributed by atoms with E-state index in [0.717, 1.165) is 19.6 Å². The summed E-state index contributed by atoms with van der Waals surface area (Å²) < 4.78 is 30.4. The number of hydrogen-bond acceptors (Lipinski definition) is 4. The first-order chi connectivity index (χ1) is 10.9. The molecule has 0 spiro atoms. The van der Waals surface area contributed by atoms with Gasteiger partial charge in [-0.3, -0.25) is 4.90 Å². The molecular formula is C17H26N2O3S. The van der Waals surface area contributed by atoms with Gasteiger partial charge in [0.2, 0.25) is 10.0 Å². The molecule has 0 unspecified atom stereocenters. The first-order valence-corrected chi connectivity index (χ1v) is 9.82. The van der Waals surface area contributed by atoms with Crippen molar-refractivity contribution in [1.82, 2.24) is 9.62 Å². The Balaban J connectivity index is 1.80. The zero-order valence-corrected chi connectivity index (χ0v) is 14.7. The minimum absolute atomic E-state index is 0.0857. The Kier molecular flexibility index (Phi) is 6.77. The van der Waals surface area contributed by atoms with Crippen LogP contribution in [0.15, 0.2) is 35.9 Å². The van der Waals surface area contributed by atoms with Gasteiger partial charge >= 0.3 is 0 Å². The Hall–Kier alpha value is -1.21. The number of benzene rings is 1. The van der Waals surface area contributed by atoms with Gasteiger partial charge in [-0.15, -0.1) is 0 Å². The average molecular weight is 338 g/mol. The highest BCUT2D eigenvalue weighted by molar-refractivity contribution is 7.88. The summed E-state index contributed by atoms with van der Waals surface area (Å²) in [4.78, 5) is 2.36. The van der Waals surface area contributed by atoms with Crippen LogP contribution in [0.1, 0.15) is 18.9 Å². The molecule has 5 nitrogen and oxygen atoms in total. The third-order valence-corrected chi connectivity index (χ3v) is 4.47. The maximum absolute atomic E-state index is 11.1. The molecule has 0 aromatic heterocycles. The van der Waals surface area contributed by atoms with Gasteiger partial charge in [-0.2, -0.15) is 0 Å². The maximum atomic E-state index is 11.1. The summed E-state index contributed by atoms with van der Waals surface area (Å²) >= 11 is 0. The topological polar surface area (TPSA) is 58.6 Å². The Bertz CT molecular complexity index is 614. The second-order valence-corrected chi connectivity index (χ2v) is 7.92. The molecule has 0 saturated carbocycles. The molecule has 1 aromatic carbocycles. The summed E-state index contributed by atoms with van der Waals surface area (Å²) in [6, 6.07) is 10.3. The van der Waals surface area contributed by atoms with Crippen LogP contribution in [-0.4, -0.2) is 58.5 Å². The number of rotatable bonds is 7. The summed E-state index contributed by atoms with van der Waals surface area (Å²) in [5, 5.41) is 0. The normalized spacial score (nSPS) is 20.6. The summed E-state index contributed by atoms with van der Waals surface area (Å²) in [5.74, 6) is 0. The van der Waals surface area contributed by atoms with E-state index in [1.54, 1.807) is 0 Å². The highest BCUT2D eigenvalue weighted by Crippen LogP contribution is 2.12. The first kappa shape index (κ1) is 18.1. The number of nitrogens with zero attached hydrogens (tertiary/aromatic N) is 1. The third-order valence-electron chi connectivity index (χ3n) is 3.74. The van der Waals surface area contributed by atoms with Crippen LogP contribution < -0.4 is 4.72 Å². The molecule has 0 bridgehead atoms. The Morgan fingerprint density at radius 3 is 2.83 bits per heavy atom. The van der Waals surface area contributed by atoms with Crippen molar-refractivity contribution in [2.45, 2.75) is 19.4 Å². The van der Waals surface area contributed by atoms with Gasteiger partial charge in [-0.25, -0.2) is 13.1 Å². The summed E-state index contributed by atoms with van der Waals surface area (Å²) in [6.45, 7) is 5.93. The highest BCUT2D eigenvalue weighted by atomic mass is 32.2. The van der Waals surface area contributed by atoms with Gasteiger partial charge in [-0.05, 0) is 18.9 Å². The van der Waals surface area contributed by atoms with E-state index in [0.29, 0.717) is 19.6 Å². The molecule has 0 radical (unpaired) electrons. The molecule has 1 aliphatic rings. The summed E-state index contributed by atoms with van der Waals surface area (Å²) in [6.07, 6.45) is 4.17. The van der Waals surface area contributed by atoms with Crippen molar-refractivity contribution in [3.8, 4) is 0 Å². The molecule has 0 amide bonds. The fourth-order valence-corrected chi connectivity index (χ4v) is 3.22. The smallest absolute Gasteiger partial charge is 0.208 e. The van der Waals surface area contributed by atoms with Crippen LogP contribution in [0.4, 0.5) is 0 Å². The van der Waals surface area contributed by atoms with Crippen molar-refractivity contribution in [2.75, 3.05) is 39.0 Å². The highest BCUT2D eigenvalue weighted by Gasteiger charge is 2.20. The van der Waals surface area contributed by atoms with Crippen LogP contribution >= 0.6 is 0 Å². The van der Waals surface area contributed by atoms with Gasteiger partial charge in [-0.1, -0.05) is 42.0 Å². The van der Waals surface area contributed by atoms with E-state index in [2.05, 4.69) is 34.8 Å². The van der Waals surface area contributed by atoms with Crippen LogP contribution in [0.5, 0.6) is 0 Å². The number of hydrogen-bond donors (Lipinski definition) is 1. The molecule has 128 valence electrons. The van der Waals surface area contributed by atoms with Crippen molar-refractivity contribution in [1.29, 1.82) is 0 Å². The van der Waals surface area contributed by atoms with Crippen molar-refractivity contribution in [3.05, 3.63) is 41.5 Å². The molecule has 1 heterocycles. The molecule has 23 heavy (non-hydrogen) atoms. The first-order valence-electron chi connectivity index (χ1n) is 7.93. The standard InChI is InChI=1S/C17H26N2O3S/c1-15(12-16-6-4-3-5-7-16)13-19-10-11-22-17(14-19)8-9-18-23(2,20)21/h3-7,12,17-18H,8-11,13-14H2,1-2H3/b15-12+/t17-/m0/s1. The molecule has 1 fully saturated rings. The maximum Gasteiger partial charge on any atom is 0.208 e. The van der Waals surface area contributed by atoms with Gasteiger partial charge in [0, 0.05) is 26.2 Å². The lowest BCUT2D eigenvalue weighted by Gasteiger charge is -2.33. The lowest BCUT2D eigenvalue weighted by molar-refractivity contribution is -0.0279. The average Bonchev–Trinajstić information content (AvgIpc) is 2.47. The van der Waals surface area contributed by atoms with E-state index in [4.69, 9.17) is 4.74 Å². The van der Waals surface area contributed by atoms with E-state index >= 15 is 0 Å². The summed E-state index contributed by atoms with van der Waals surface area (Å²) in [7, 11) is -3.12. The number of sulfonamides is 1. The Labute approximate surface area is 139 Å². The fourth-order valence-electron chi connectivity index (χ4n) is 2.74. The molecule has 0 aliphatic carbocycles. The van der Waals surface area contributed by atoms with Crippen LogP contribution in [0.25, 0.3) is 6.08 Å². The SMILES string of the molecule is C/C(=C\c1ccccc1)CN1CCO[C@@H](CCNS(C)(=O)=O)C1. The number of morpholine rings is 1. The van der Waals surface area contributed by atoms with E-state index in [-0.39, 0.29) is 6.10 Å². The zero-order valence-electron chi connectivity index (χ0n) is 13.9. The van der Waals surface area contributed by atoms with E-state index in [1.807, 2.05) is 18.2 Å². The largest absolute Gasteiger partial charge is 0.376 e. The molecule has 1 atom stereocenters. The Morgan fingerprint density at radius 2 is 2.13 bits per heavy atom. The predicted octanol–water partition coefficient (Wildman–Crippen LogP) is 1.73. The van der Waals surface area contributed by atoms with Gasteiger partial charge in [0.25, 0.3) is 0 Å².